The van der Waals surface area contributed by atoms with Crippen LogP contribution in [0.15, 0.2) is 0 Å². The molecule has 0 aliphatic rings. The zero-order chi connectivity index (χ0) is 15.1. The lowest BCUT2D eigenvalue weighted by atomic mass is 9.87. The number of hydrogen-bond donors (Lipinski definition) is 4. The molecule has 0 aliphatic carbocycles. The van der Waals surface area contributed by atoms with Gasteiger partial charge in [-0.05, 0) is 64.1 Å². The van der Waals surface area contributed by atoms with E-state index in [0.717, 1.165) is 38.9 Å². The number of hydrogen-bond acceptors (Lipinski definition) is 4. The lowest BCUT2D eigenvalue weighted by Gasteiger charge is -2.24. The zero-order valence-corrected chi connectivity index (χ0v) is 13.4. The van der Waals surface area contributed by atoms with E-state index in [1.54, 1.807) is 0 Å². The second-order valence-corrected chi connectivity index (χ2v) is 5.98. The fourth-order valence-electron chi connectivity index (χ4n) is 2.80. The van der Waals surface area contributed by atoms with Gasteiger partial charge in [-0.3, -0.25) is 0 Å². The summed E-state index contributed by atoms with van der Waals surface area (Å²) in [6.07, 6.45) is 13.4. The molecular weight excluding hydrogens is 248 g/mol. The number of rotatable bonds is 15. The smallest absolute Gasteiger partial charge is 0.00676 e. The summed E-state index contributed by atoms with van der Waals surface area (Å²) in [5.41, 5.74) is 23.0. The lowest BCUT2D eigenvalue weighted by molar-refractivity contribution is 0.331. The fourth-order valence-corrected chi connectivity index (χ4v) is 2.80. The van der Waals surface area contributed by atoms with Crippen LogP contribution in [0.4, 0.5) is 0 Å². The summed E-state index contributed by atoms with van der Waals surface area (Å²) >= 11 is 0. The highest BCUT2D eigenvalue weighted by molar-refractivity contribution is 4.73. The van der Waals surface area contributed by atoms with Crippen molar-refractivity contribution in [3.63, 3.8) is 0 Å². The molecule has 2 unspecified atom stereocenters. The summed E-state index contributed by atoms with van der Waals surface area (Å²) in [4.78, 5) is 0. The van der Waals surface area contributed by atoms with Crippen LogP contribution in [0.5, 0.6) is 0 Å². The van der Waals surface area contributed by atoms with Crippen LogP contribution in [-0.2, 0) is 0 Å². The van der Waals surface area contributed by atoms with Gasteiger partial charge in [-0.2, -0.15) is 0 Å². The van der Waals surface area contributed by atoms with Gasteiger partial charge in [-0.1, -0.05) is 32.1 Å². The second kappa shape index (κ2) is 15.2. The highest BCUT2D eigenvalue weighted by atomic mass is 14.7. The van der Waals surface area contributed by atoms with Gasteiger partial charge in [0.05, 0.1) is 0 Å². The van der Waals surface area contributed by atoms with Gasteiger partial charge in [0.25, 0.3) is 0 Å². The average molecular weight is 287 g/mol. The molecule has 0 aliphatic heterocycles. The van der Waals surface area contributed by atoms with E-state index < -0.39 is 0 Å². The first kappa shape index (κ1) is 19.8. The minimum atomic E-state index is 0.308. The first-order valence-electron chi connectivity index (χ1n) is 8.62. The predicted molar refractivity (Wildman–Crippen MR) is 89.4 cm³/mol. The maximum atomic E-state index is 6.31. The molecule has 0 saturated heterocycles. The van der Waals surface area contributed by atoms with Gasteiger partial charge in [-0.15, -0.1) is 0 Å². The van der Waals surface area contributed by atoms with Gasteiger partial charge in [0.15, 0.2) is 0 Å². The van der Waals surface area contributed by atoms with Crippen LogP contribution in [0.1, 0.15) is 70.6 Å². The Labute approximate surface area is 126 Å². The van der Waals surface area contributed by atoms with E-state index in [9.17, 15) is 0 Å². The Morgan fingerprint density at radius 3 is 1.55 bits per heavy atom. The normalized spacial score (nSPS) is 14.4. The molecular formula is C16H38N4. The molecule has 0 fully saturated rings. The summed E-state index contributed by atoms with van der Waals surface area (Å²) in [5, 5.41) is 0. The third-order valence-corrected chi connectivity index (χ3v) is 4.16. The fraction of sp³-hybridized carbons (Fsp3) is 1.00. The Bertz CT molecular complexity index is 187. The Balaban J connectivity index is 3.73. The molecule has 0 amide bonds. The Morgan fingerprint density at radius 2 is 0.950 bits per heavy atom. The van der Waals surface area contributed by atoms with E-state index in [-0.39, 0.29) is 0 Å². The van der Waals surface area contributed by atoms with Crippen molar-refractivity contribution in [1.82, 2.24) is 0 Å². The largest absolute Gasteiger partial charge is 0.330 e. The SMILES string of the molecule is NCCCCCCCCC(CCCN)C(N)CCCN. The molecule has 8 N–H and O–H groups in total. The van der Waals surface area contributed by atoms with Crippen molar-refractivity contribution in [1.29, 1.82) is 0 Å². The summed E-state index contributed by atoms with van der Waals surface area (Å²) in [6, 6.07) is 0.308. The molecule has 0 aromatic heterocycles. The van der Waals surface area contributed by atoms with Crippen LogP contribution < -0.4 is 22.9 Å². The van der Waals surface area contributed by atoms with Crippen molar-refractivity contribution >= 4 is 0 Å². The molecule has 0 aromatic rings. The average Bonchev–Trinajstić information content (AvgIpc) is 2.46. The monoisotopic (exact) mass is 286 g/mol. The van der Waals surface area contributed by atoms with Crippen LogP contribution in [0, 0.1) is 5.92 Å². The molecule has 0 saturated carbocycles. The van der Waals surface area contributed by atoms with Crippen molar-refractivity contribution in [3.8, 4) is 0 Å². The topological polar surface area (TPSA) is 104 Å². The van der Waals surface area contributed by atoms with Crippen LogP contribution in [-0.4, -0.2) is 25.7 Å². The minimum Gasteiger partial charge on any atom is -0.330 e. The van der Waals surface area contributed by atoms with E-state index in [2.05, 4.69) is 0 Å². The number of nitrogens with two attached hydrogens (primary N) is 4. The third-order valence-electron chi connectivity index (χ3n) is 4.16. The van der Waals surface area contributed by atoms with E-state index in [0.29, 0.717) is 12.0 Å². The summed E-state index contributed by atoms with van der Waals surface area (Å²) < 4.78 is 0. The number of unbranched alkanes of at least 4 members (excludes halogenated alkanes) is 5. The molecule has 4 nitrogen and oxygen atoms in total. The summed E-state index contributed by atoms with van der Waals surface area (Å²) in [5.74, 6) is 0.633. The van der Waals surface area contributed by atoms with Gasteiger partial charge < -0.3 is 22.9 Å². The minimum absolute atomic E-state index is 0.308. The zero-order valence-electron chi connectivity index (χ0n) is 13.4. The van der Waals surface area contributed by atoms with Gasteiger partial charge in [0.1, 0.15) is 0 Å². The highest BCUT2D eigenvalue weighted by Gasteiger charge is 2.16. The van der Waals surface area contributed by atoms with Crippen LogP contribution in [0.25, 0.3) is 0 Å². The highest BCUT2D eigenvalue weighted by Crippen LogP contribution is 2.21. The van der Waals surface area contributed by atoms with Crippen molar-refractivity contribution in [2.45, 2.75) is 76.7 Å². The summed E-state index contributed by atoms with van der Waals surface area (Å²) in [7, 11) is 0. The summed E-state index contributed by atoms with van der Waals surface area (Å²) in [6.45, 7) is 2.36. The molecule has 0 rings (SSSR count). The van der Waals surface area contributed by atoms with Gasteiger partial charge in [0, 0.05) is 6.04 Å². The van der Waals surface area contributed by atoms with Crippen molar-refractivity contribution in [2.24, 2.45) is 28.9 Å². The van der Waals surface area contributed by atoms with E-state index in [1.165, 1.54) is 51.4 Å². The molecule has 0 heterocycles. The van der Waals surface area contributed by atoms with Crippen molar-refractivity contribution in [3.05, 3.63) is 0 Å². The Hall–Kier alpha value is -0.160. The first-order chi connectivity index (χ1) is 9.76. The lowest BCUT2D eigenvalue weighted by Crippen LogP contribution is -2.31. The molecule has 0 bridgehead atoms. The van der Waals surface area contributed by atoms with Crippen molar-refractivity contribution in [2.75, 3.05) is 19.6 Å². The van der Waals surface area contributed by atoms with Gasteiger partial charge in [0.2, 0.25) is 0 Å². The molecule has 20 heavy (non-hydrogen) atoms. The quantitative estimate of drug-likeness (QED) is 0.346. The van der Waals surface area contributed by atoms with Crippen molar-refractivity contribution < 1.29 is 0 Å². The third kappa shape index (κ3) is 11.6. The maximum Gasteiger partial charge on any atom is 0.00676 e. The van der Waals surface area contributed by atoms with Crippen LogP contribution in [0.3, 0.4) is 0 Å². The molecule has 0 spiro atoms. The maximum absolute atomic E-state index is 6.31. The second-order valence-electron chi connectivity index (χ2n) is 5.98. The van der Waals surface area contributed by atoms with E-state index >= 15 is 0 Å². The van der Waals surface area contributed by atoms with Gasteiger partial charge >= 0.3 is 0 Å². The molecule has 0 aromatic carbocycles. The Kier molecular flexibility index (Phi) is 15.1. The molecule has 2 atom stereocenters. The van der Waals surface area contributed by atoms with Crippen LogP contribution >= 0.6 is 0 Å². The molecule has 4 heteroatoms. The predicted octanol–water partition coefficient (Wildman–Crippen LogP) is 2.10. The van der Waals surface area contributed by atoms with Gasteiger partial charge in [-0.25, -0.2) is 0 Å². The van der Waals surface area contributed by atoms with E-state index in [4.69, 9.17) is 22.9 Å². The molecule has 0 radical (unpaired) electrons. The van der Waals surface area contributed by atoms with E-state index in [1.807, 2.05) is 0 Å². The molecule has 122 valence electrons. The van der Waals surface area contributed by atoms with Crippen LogP contribution in [0.2, 0.25) is 0 Å². The Morgan fingerprint density at radius 1 is 0.500 bits per heavy atom. The standard InChI is InChI=1S/C16H38N4/c17-12-6-4-2-1-3-5-9-15(10-7-13-18)16(20)11-8-14-19/h15-16H,1-14,17-20H2. The first-order valence-corrected chi connectivity index (χ1v) is 8.62.